The summed E-state index contributed by atoms with van der Waals surface area (Å²) in [6, 6.07) is 17.1. The fraction of sp³-hybridized carbons (Fsp3) is 0.143. The van der Waals surface area contributed by atoms with Crippen LogP contribution in [0.1, 0.15) is 11.1 Å². The van der Waals surface area contributed by atoms with Crippen LogP contribution in [0.25, 0.3) is 0 Å². The molecule has 0 radical (unpaired) electrons. The van der Waals surface area contributed by atoms with Crippen molar-refractivity contribution >= 4 is 27.9 Å². The minimum absolute atomic E-state index is 0.998. The summed E-state index contributed by atoms with van der Waals surface area (Å²) in [7, 11) is 0. The molecular weight excluding hydrogens is 294 g/mol. The molecule has 86 valence electrons. The Morgan fingerprint density at radius 3 is 2.76 bits per heavy atom. The van der Waals surface area contributed by atoms with Gasteiger partial charge in [0, 0.05) is 22.5 Å². The molecule has 1 nitrogen and oxygen atoms in total. The van der Waals surface area contributed by atoms with Crippen LogP contribution in [0.2, 0.25) is 0 Å². The molecule has 1 aliphatic rings. The van der Waals surface area contributed by atoms with E-state index in [2.05, 4.69) is 68.8 Å². The molecule has 0 aliphatic carbocycles. The first kappa shape index (κ1) is 11.3. The Balaban J connectivity index is 1.74. The minimum Gasteiger partial charge on any atom is -0.238 e. The van der Waals surface area contributed by atoms with Crippen LogP contribution in [0.15, 0.2) is 57.9 Å². The van der Waals surface area contributed by atoms with E-state index in [4.69, 9.17) is 0 Å². The highest BCUT2D eigenvalue weighted by molar-refractivity contribution is 9.10. The van der Waals surface area contributed by atoms with Crippen molar-refractivity contribution in [1.29, 1.82) is 0 Å². The van der Waals surface area contributed by atoms with E-state index < -0.39 is 0 Å². The van der Waals surface area contributed by atoms with Crippen LogP contribution in [0.5, 0.6) is 0 Å². The lowest BCUT2D eigenvalue weighted by Crippen LogP contribution is -2.09. The van der Waals surface area contributed by atoms with E-state index in [9.17, 15) is 0 Å². The maximum absolute atomic E-state index is 3.52. The van der Waals surface area contributed by atoms with Crippen molar-refractivity contribution in [2.75, 3.05) is 0 Å². The van der Waals surface area contributed by atoms with Crippen LogP contribution in [-0.2, 0) is 13.1 Å². The van der Waals surface area contributed by atoms with Crippen LogP contribution >= 0.6 is 27.9 Å². The number of halogens is 1. The molecule has 0 aromatic heterocycles. The second kappa shape index (κ2) is 4.84. The smallest absolute Gasteiger partial charge is 0.0359 e. The first-order valence-corrected chi connectivity index (χ1v) is 7.13. The third kappa shape index (κ3) is 2.57. The van der Waals surface area contributed by atoms with E-state index in [0.29, 0.717) is 0 Å². The molecule has 3 heteroatoms. The maximum Gasteiger partial charge on any atom is 0.0359 e. The second-order valence-electron chi connectivity index (χ2n) is 4.13. The summed E-state index contributed by atoms with van der Waals surface area (Å²) in [4.78, 5) is 1.38. The van der Waals surface area contributed by atoms with Crippen molar-refractivity contribution in [1.82, 2.24) is 4.31 Å². The van der Waals surface area contributed by atoms with Gasteiger partial charge >= 0.3 is 0 Å². The molecule has 0 atom stereocenters. The first-order chi connectivity index (χ1) is 8.31. The lowest BCUT2D eigenvalue weighted by Gasteiger charge is -2.12. The molecule has 2 aromatic carbocycles. The highest BCUT2D eigenvalue weighted by Gasteiger charge is 2.19. The molecule has 0 fully saturated rings. The normalized spacial score (nSPS) is 14.9. The van der Waals surface area contributed by atoms with Crippen LogP contribution in [0.3, 0.4) is 0 Å². The largest absolute Gasteiger partial charge is 0.238 e. The Hall–Kier alpha value is -0.770. The van der Waals surface area contributed by atoms with Gasteiger partial charge in [0.25, 0.3) is 0 Å². The van der Waals surface area contributed by atoms with Crippen molar-refractivity contribution < 1.29 is 0 Å². The Labute approximate surface area is 114 Å². The minimum atomic E-state index is 0.998. The van der Waals surface area contributed by atoms with Gasteiger partial charge in [0.15, 0.2) is 0 Å². The van der Waals surface area contributed by atoms with Crippen molar-refractivity contribution in [2.24, 2.45) is 0 Å². The third-order valence-corrected chi connectivity index (χ3v) is 4.40. The molecule has 0 N–H and O–H groups in total. The Kier molecular flexibility index (Phi) is 3.23. The second-order valence-corrected chi connectivity index (χ2v) is 6.18. The van der Waals surface area contributed by atoms with Crippen LogP contribution in [0.4, 0.5) is 0 Å². The maximum atomic E-state index is 3.52. The molecule has 2 aromatic rings. The van der Waals surface area contributed by atoms with E-state index in [0.717, 1.165) is 13.1 Å². The molecule has 0 spiro atoms. The van der Waals surface area contributed by atoms with Crippen molar-refractivity contribution in [3.63, 3.8) is 0 Å². The molecule has 0 saturated heterocycles. The van der Waals surface area contributed by atoms with Crippen LogP contribution < -0.4 is 0 Å². The number of nitrogens with zero attached hydrogens (tertiary/aromatic N) is 1. The number of hydrogen-bond acceptors (Lipinski definition) is 2. The zero-order chi connectivity index (χ0) is 11.7. The molecule has 17 heavy (non-hydrogen) atoms. The van der Waals surface area contributed by atoms with Crippen LogP contribution in [0, 0.1) is 0 Å². The van der Waals surface area contributed by atoms with Gasteiger partial charge in [-0.25, -0.2) is 4.31 Å². The fourth-order valence-corrected chi connectivity index (χ4v) is 3.47. The van der Waals surface area contributed by atoms with Gasteiger partial charge in [-0.15, -0.1) is 0 Å². The predicted octanol–water partition coefficient (Wildman–Crippen LogP) is 4.47. The van der Waals surface area contributed by atoms with Gasteiger partial charge in [-0.3, -0.25) is 0 Å². The summed E-state index contributed by atoms with van der Waals surface area (Å²) in [5, 5.41) is 0. The highest BCUT2D eigenvalue weighted by Crippen LogP contribution is 2.38. The average molecular weight is 306 g/mol. The van der Waals surface area contributed by atoms with Crippen molar-refractivity contribution in [3.8, 4) is 0 Å². The number of fused-ring (bicyclic) bond motifs is 1. The average Bonchev–Trinajstić information content (AvgIpc) is 2.71. The van der Waals surface area contributed by atoms with Crippen molar-refractivity contribution in [3.05, 3.63) is 64.1 Å². The Morgan fingerprint density at radius 2 is 1.94 bits per heavy atom. The van der Waals surface area contributed by atoms with Gasteiger partial charge in [0.1, 0.15) is 0 Å². The molecule has 0 saturated carbocycles. The van der Waals surface area contributed by atoms with Crippen molar-refractivity contribution in [2.45, 2.75) is 18.0 Å². The number of benzene rings is 2. The molecule has 0 unspecified atom stereocenters. The lowest BCUT2D eigenvalue weighted by atomic mass is 10.2. The third-order valence-electron chi connectivity index (χ3n) is 2.80. The van der Waals surface area contributed by atoms with Gasteiger partial charge in [-0.05, 0) is 41.3 Å². The van der Waals surface area contributed by atoms with E-state index in [1.165, 1.54) is 20.5 Å². The van der Waals surface area contributed by atoms with Gasteiger partial charge in [-0.2, -0.15) is 0 Å². The molecule has 0 bridgehead atoms. The summed E-state index contributed by atoms with van der Waals surface area (Å²) in [5.74, 6) is 0. The van der Waals surface area contributed by atoms with Gasteiger partial charge in [-0.1, -0.05) is 46.3 Å². The summed E-state index contributed by atoms with van der Waals surface area (Å²) in [6.45, 7) is 2.02. The van der Waals surface area contributed by atoms with E-state index >= 15 is 0 Å². The zero-order valence-electron chi connectivity index (χ0n) is 9.27. The summed E-state index contributed by atoms with van der Waals surface area (Å²) in [5.41, 5.74) is 2.78. The van der Waals surface area contributed by atoms with E-state index in [-0.39, 0.29) is 0 Å². The monoisotopic (exact) mass is 305 g/mol. The topological polar surface area (TPSA) is 3.24 Å². The standard InChI is InChI=1S/C14H12BrNS/c15-13-6-7-14-12(8-13)10-16(17-14)9-11-4-2-1-3-5-11/h1-8H,9-10H2. The lowest BCUT2D eigenvalue weighted by molar-refractivity contribution is 0.475. The quantitative estimate of drug-likeness (QED) is 0.753. The van der Waals surface area contributed by atoms with Gasteiger partial charge in [0.2, 0.25) is 0 Å². The summed E-state index contributed by atoms with van der Waals surface area (Å²) >= 11 is 5.38. The molecule has 1 heterocycles. The Bertz CT molecular complexity index is 527. The summed E-state index contributed by atoms with van der Waals surface area (Å²) < 4.78 is 3.56. The predicted molar refractivity (Wildman–Crippen MR) is 75.7 cm³/mol. The van der Waals surface area contributed by atoms with Crippen LogP contribution in [-0.4, -0.2) is 4.31 Å². The molecule has 0 amide bonds. The van der Waals surface area contributed by atoms with E-state index in [1.807, 2.05) is 11.9 Å². The highest BCUT2D eigenvalue weighted by atomic mass is 79.9. The summed E-state index contributed by atoms with van der Waals surface area (Å²) in [6.07, 6.45) is 0. The van der Waals surface area contributed by atoms with E-state index in [1.54, 1.807) is 0 Å². The SMILES string of the molecule is Brc1ccc2c(c1)CN(Cc1ccccc1)S2. The van der Waals surface area contributed by atoms with Gasteiger partial charge in [0.05, 0.1) is 0 Å². The first-order valence-electron chi connectivity index (χ1n) is 5.56. The zero-order valence-corrected chi connectivity index (χ0v) is 11.7. The number of rotatable bonds is 2. The van der Waals surface area contributed by atoms with Gasteiger partial charge < -0.3 is 0 Å². The number of hydrogen-bond donors (Lipinski definition) is 0. The molecule has 1 aliphatic heterocycles. The fourth-order valence-electron chi connectivity index (χ4n) is 2.00. The molecular formula is C14H12BrNS. The molecule has 3 rings (SSSR count). The Morgan fingerprint density at radius 1 is 1.12 bits per heavy atom.